The van der Waals surface area contributed by atoms with Gasteiger partial charge in [-0.05, 0) is 41.3 Å². The van der Waals surface area contributed by atoms with Gasteiger partial charge in [0, 0.05) is 25.7 Å². The molecule has 0 unspecified atom stereocenters. The number of pyridine rings is 1. The van der Waals surface area contributed by atoms with Crippen LogP contribution in [0.15, 0.2) is 47.6 Å². The summed E-state index contributed by atoms with van der Waals surface area (Å²) < 4.78 is 21.8. The molecular formula is C23H27N3O4. The van der Waals surface area contributed by atoms with Crippen molar-refractivity contribution in [2.75, 3.05) is 42.5 Å². The predicted molar refractivity (Wildman–Crippen MR) is 118 cm³/mol. The van der Waals surface area contributed by atoms with Crippen LogP contribution in [0.3, 0.4) is 0 Å². The second-order valence-electron chi connectivity index (χ2n) is 6.87. The number of fused-ring (bicyclic) bond motifs is 1. The lowest BCUT2D eigenvalue weighted by atomic mass is 9.98. The minimum atomic E-state index is -0.353. The Hall–Kier alpha value is -3.48. The van der Waals surface area contributed by atoms with Gasteiger partial charge < -0.3 is 23.8 Å². The normalized spacial score (nSPS) is 12.1. The van der Waals surface area contributed by atoms with Gasteiger partial charge in [0.2, 0.25) is 0 Å². The lowest BCUT2D eigenvalue weighted by molar-refractivity contribution is 0.354. The van der Waals surface area contributed by atoms with E-state index in [4.69, 9.17) is 23.9 Å². The van der Waals surface area contributed by atoms with Gasteiger partial charge in [-0.3, -0.25) is 9.98 Å². The van der Waals surface area contributed by atoms with Gasteiger partial charge in [0.25, 0.3) is 0 Å². The van der Waals surface area contributed by atoms with Gasteiger partial charge in [-0.25, -0.2) is 0 Å². The third-order valence-corrected chi connectivity index (χ3v) is 4.73. The molecule has 0 saturated heterocycles. The Labute approximate surface area is 176 Å². The molecule has 158 valence electrons. The summed E-state index contributed by atoms with van der Waals surface area (Å²) in [7, 11) is 10.3. The van der Waals surface area contributed by atoms with Crippen molar-refractivity contribution in [1.82, 2.24) is 9.88 Å². The second kappa shape index (κ2) is 9.35. The van der Waals surface area contributed by atoms with Crippen LogP contribution in [0.2, 0.25) is 0 Å². The molecule has 1 heterocycles. The number of nitrogens with zero attached hydrogens (tertiary/aromatic N) is 3. The molecular weight excluding hydrogens is 382 g/mol. The van der Waals surface area contributed by atoms with Crippen molar-refractivity contribution in [2.24, 2.45) is 4.99 Å². The fraction of sp³-hybridized carbons (Fsp3) is 0.304. The van der Waals surface area contributed by atoms with E-state index < -0.39 is 0 Å². The average Bonchev–Trinajstić information content (AvgIpc) is 2.77. The zero-order chi connectivity index (χ0) is 21.7. The fourth-order valence-corrected chi connectivity index (χ4v) is 3.28. The SMILES string of the molecule is COc1ccc([C@@H](N=CN(C)C)c2nccc3cc(OC)c(OC)cc23)cc1OC. The summed E-state index contributed by atoms with van der Waals surface area (Å²) in [4.78, 5) is 11.4. The first-order chi connectivity index (χ1) is 14.5. The standard InChI is InChI=1S/C23H27N3O4/c1-26(2)14-25-22(16-7-8-18(27-3)19(12-16)28-4)23-17-13-21(30-6)20(29-5)11-15(17)9-10-24-23/h7-14,22H,1-6H3/t22-/m1/s1. The molecule has 0 aliphatic rings. The molecule has 0 fully saturated rings. The number of hydrogen-bond donors (Lipinski definition) is 0. The van der Waals surface area contributed by atoms with Gasteiger partial charge in [-0.15, -0.1) is 0 Å². The number of aliphatic imine (C=N–C) groups is 1. The van der Waals surface area contributed by atoms with E-state index in [0.717, 1.165) is 22.0 Å². The van der Waals surface area contributed by atoms with E-state index in [9.17, 15) is 0 Å². The van der Waals surface area contributed by atoms with Gasteiger partial charge >= 0.3 is 0 Å². The minimum Gasteiger partial charge on any atom is -0.493 e. The Morgan fingerprint density at radius 1 is 0.833 bits per heavy atom. The van der Waals surface area contributed by atoms with Crippen molar-refractivity contribution >= 4 is 17.1 Å². The molecule has 1 atom stereocenters. The van der Waals surface area contributed by atoms with Crippen LogP contribution < -0.4 is 18.9 Å². The smallest absolute Gasteiger partial charge is 0.161 e. The van der Waals surface area contributed by atoms with Gasteiger partial charge in [-0.1, -0.05) is 6.07 Å². The molecule has 7 nitrogen and oxygen atoms in total. The van der Waals surface area contributed by atoms with Crippen molar-refractivity contribution in [1.29, 1.82) is 0 Å². The number of aromatic nitrogens is 1. The molecule has 0 N–H and O–H groups in total. The topological polar surface area (TPSA) is 65.4 Å². The first-order valence-corrected chi connectivity index (χ1v) is 9.44. The van der Waals surface area contributed by atoms with Crippen LogP contribution in [0.25, 0.3) is 10.8 Å². The van der Waals surface area contributed by atoms with E-state index in [-0.39, 0.29) is 6.04 Å². The van der Waals surface area contributed by atoms with Crippen molar-refractivity contribution in [3.8, 4) is 23.0 Å². The van der Waals surface area contributed by atoms with Crippen LogP contribution in [0.4, 0.5) is 0 Å². The van der Waals surface area contributed by atoms with Crippen LogP contribution in [0.1, 0.15) is 17.3 Å². The first kappa shape index (κ1) is 21.2. The second-order valence-corrected chi connectivity index (χ2v) is 6.87. The molecule has 0 bridgehead atoms. The quantitative estimate of drug-likeness (QED) is 0.415. The number of hydrogen-bond acceptors (Lipinski definition) is 6. The van der Waals surface area contributed by atoms with Crippen LogP contribution in [0.5, 0.6) is 23.0 Å². The summed E-state index contributed by atoms with van der Waals surface area (Å²) in [5, 5.41) is 1.93. The van der Waals surface area contributed by atoms with Gasteiger partial charge in [0.15, 0.2) is 23.0 Å². The van der Waals surface area contributed by atoms with Crippen molar-refractivity contribution in [3.63, 3.8) is 0 Å². The van der Waals surface area contributed by atoms with Crippen LogP contribution in [0, 0.1) is 0 Å². The summed E-state index contributed by atoms with van der Waals surface area (Å²) >= 11 is 0. The maximum Gasteiger partial charge on any atom is 0.161 e. The van der Waals surface area contributed by atoms with E-state index in [0.29, 0.717) is 23.0 Å². The highest BCUT2D eigenvalue weighted by Crippen LogP contribution is 2.38. The Morgan fingerprint density at radius 2 is 1.47 bits per heavy atom. The molecule has 0 spiro atoms. The highest BCUT2D eigenvalue weighted by Gasteiger charge is 2.20. The predicted octanol–water partition coefficient (Wildman–Crippen LogP) is 3.95. The fourth-order valence-electron chi connectivity index (χ4n) is 3.28. The Morgan fingerprint density at radius 3 is 2.10 bits per heavy atom. The zero-order valence-electron chi connectivity index (χ0n) is 18.2. The number of rotatable bonds is 8. The molecule has 7 heteroatoms. The van der Waals surface area contributed by atoms with E-state index in [1.807, 2.05) is 55.4 Å². The Bertz CT molecular complexity index is 1050. The third-order valence-electron chi connectivity index (χ3n) is 4.73. The van der Waals surface area contributed by atoms with Gasteiger partial charge in [0.05, 0.1) is 40.5 Å². The molecule has 0 amide bonds. The molecule has 3 aromatic rings. The van der Waals surface area contributed by atoms with Crippen molar-refractivity contribution in [3.05, 3.63) is 53.9 Å². The van der Waals surface area contributed by atoms with Crippen LogP contribution >= 0.6 is 0 Å². The maximum absolute atomic E-state index is 5.51. The van der Waals surface area contributed by atoms with Gasteiger partial charge in [0.1, 0.15) is 6.04 Å². The Balaban J connectivity index is 2.23. The molecule has 30 heavy (non-hydrogen) atoms. The zero-order valence-corrected chi connectivity index (χ0v) is 18.2. The summed E-state index contributed by atoms with van der Waals surface area (Å²) in [6.45, 7) is 0. The average molecular weight is 409 g/mol. The first-order valence-electron chi connectivity index (χ1n) is 9.44. The van der Waals surface area contributed by atoms with Crippen molar-refractivity contribution < 1.29 is 18.9 Å². The minimum absolute atomic E-state index is 0.353. The molecule has 0 aliphatic heterocycles. The number of ether oxygens (including phenoxy) is 4. The summed E-state index contributed by atoms with van der Waals surface area (Å²) in [5.74, 6) is 2.61. The molecule has 1 aromatic heterocycles. The van der Waals surface area contributed by atoms with E-state index in [2.05, 4.69) is 4.98 Å². The molecule has 2 aromatic carbocycles. The third kappa shape index (κ3) is 4.25. The van der Waals surface area contributed by atoms with Crippen LogP contribution in [-0.4, -0.2) is 58.8 Å². The summed E-state index contributed by atoms with van der Waals surface area (Å²) in [6.07, 6.45) is 3.56. The lowest BCUT2D eigenvalue weighted by Gasteiger charge is -2.18. The lowest BCUT2D eigenvalue weighted by Crippen LogP contribution is -2.11. The molecule has 0 aliphatic carbocycles. The number of methoxy groups -OCH3 is 4. The molecule has 3 rings (SSSR count). The monoisotopic (exact) mass is 409 g/mol. The Kier molecular flexibility index (Phi) is 6.61. The molecule has 0 saturated carbocycles. The number of benzene rings is 2. The van der Waals surface area contributed by atoms with E-state index >= 15 is 0 Å². The maximum atomic E-state index is 5.51. The molecule has 0 radical (unpaired) electrons. The van der Waals surface area contributed by atoms with Crippen molar-refractivity contribution in [2.45, 2.75) is 6.04 Å². The highest BCUT2D eigenvalue weighted by molar-refractivity contribution is 5.88. The largest absolute Gasteiger partial charge is 0.493 e. The highest BCUT2D eigenvalue weighted by atomic mass is 16.5. The summed E-state index contributed by atoms with van der Waals surface area (Å²) in [6, 6.07) is 11.3. The summed E-state index contributed by atoms with van der Waals surface area (Å²) in [5.41, 5.74) is 1.74. The van der Waals surface area contributed by atoms with Crippen LogP contribution in [-0.2, 0) is 0 Å². The van der Waals surface area contributed by atoms with E-state index in [1.165, 1.54) is 0 Å². The van der Waals surface area contributed by atoms with E-state index in [1.54, 1.807) is 41.0 Å². The van der Waals surface area contributed by atoms with Gasteiger partial charge in [-0.2, -0.15) is 0 Å².